The van der Waals surface area contributed by atoms with Crippen molar-refractivity contribution < 1.29 is 13.2 Å². The normalized spacial score (nSPS) is 32.2. The Hall–Kier alpha value is -0.330. The molecule has 0 bridgehead atoms. The Morgan fingerprint density at radius 3 is 2.68 bits per heavy atom. The molecule has 2 unspecified atom stereocenters. The van der Waals surface area contributed by atoms with E-state index in [9.17, 15) is 13.2 Å². The third-order valence-electron chi connectivity index (χ3n) is 4.17. The quantitative estimate of drug-likeness (QED) is 0.827. The summed E-state index contributed by atoms with van der Waals surface area (Å²) in [6, 6.07) is -1.32. The molecule has 0 aromatic heterocycles. The molecule has 1 N–H and O–H groups in total. The van der Waals surface area contributed by atoms with Gasteiger partial charge in [0.05, 0.1) is 0 Å². The van der Waals surface area contributed by atoms with Crippen molar-refractivity contribution in [3.05, 3.63) is 0 Å². The smallest absolute Gasteiger partial charge is 0.315 e. The van der Waals surface area contributed by atoms with Crippen molar-refractivity contribution in [1.29, 1.82) is 0 Å². The predicted molar refractivity (Wildman–Crippen MR) is 69.1 cm³/mol. The Kier molecular flexibility index (Phi) is 5.09. The van der Waals surface area contributed by atoms with E-state index in [0.717, 1.165) is 32.4 Å². The molecule has 0 amide bonds. The fourth-order valence-electron chi connectivity index (χ4n) is 3.23. The van der Waals surface area contributed by atoms with Crippen LogP contribution in [0.25, 0.3) is 0 Å². The van der Waals surface area contributed by atoms with Gasteiger partial charge in [-0.2, -0.15) is 13.2 Å². The van der Waals surface area contributed by atoms with Gasteiger partial charge in [0, 0.05) is 26.2 Å². The highest BCUT2D eigenvalue weighted by Gasteiger charge is 2.44. The van der Waals surface area contributed by atoms with Crippen molar-refractivity contribution in [2.75, 3.05) is 46.3 Å². The molecule has 2 fully saturated rings. The highest BCUT2D eigenvalue weighted by Crippen LogP contribution is 2.27. The fraction of sp³-hybridized carbons (Fsp3) is 1.00. The molecule has 0 aromatic rings. The van der Waals surface area contributed by atoms with Crippen LogP contribution in [0.3, 0.4) is 0 Å². The van der Waals surface area contributed by atoms with E-state index in [0.29, 0.717) is 25.6 Å². The van der Waals surface area contributed by atoms with Gasteiger partial charge in [-0.05, 0) is 45.3 Å². The Labute approximate surface area is 113 Å². The van der Waals surface area contributed by atoms with Gasteiger partial charge in [0.25, 0.3) is 0 Å². The Balaban J connectivity index is 1.97. The average molecular weight is 279 g/mol. The molecule has 19 heavy (non-hydrogen) atoms. The first-order chi connectivity index (χ1) is 8.97. The summed E-state index contributed by atoms with van der Waals surface area (Å²) < 4.78 is 39.3. The van der Waals surface area contributed by atoms with Crippen molar-refractivity contribution in [2.24, 2.45) is 5.92 Å². The number of nitrogens with one attached hydrogen (secondary N) is 1. The molecule has 2 saturated heterocycles. The van der Waals surface area contributed by atoms with Crippen molar-refractivity contribution in [2.45, 2.75) is 31.5 Å². The van der Waals surface area contributed by atoms with Crippen LogP contribution in [0.4, 0.5) is 13.2 Å². The minimum atomic E-state index is -4.13. The van der Waals surface area contributed by atoms with Crippen LogP contribution in [0.1, 0.15) is 19.3 Å². The highest BCUT2D eigenvalue weighted by molar-refractivity contribution is 4.86. The number of piperidine rings is 1. The van der Waals surface area contributed by atoms with E-state index in [1.165, 1.54) is 0 Å². The minimum Gasteiger partial charge on any atom is -0.315 e. The van der Waals surface area contributed by atoms with Crippen LogP contribution in [0.2, 0.25) is 0 Å². The zero-order chi connectivity index (χ0) is 13.9. The molecule has 0 radical (unpaired) electrons. The van der Waals surface area contributed by atoms with Crippen LogP contribution in [-0.2, 0) is 0 Å². The summed E-state index contributed by atoms with van der Waals surface area (Å²) in [5.74, 6) is 0.377. The lowest BCUT2D eigenvalue weighted by molar-refractivity contribution is -0.182. The summed E-state index contributed by atoms with van der Waals surface area (Å²) in [7, 11) is 2.05. The lowest BCUT2D eigenvalue weighted by Crippen LogP contribution is -2.52. The molecule has 2 heterocycles. The Morgan fingerprint density at radius 2 is 2.00 bits per heavy atom. The maximum absolute atomic E-state index is 13.1. The summed E-state index contributed by atoms with van der Waals surface area (Å²) >= 11 is 0. The molecule has 112 valence electrons. The number of alkyl halides is 3. The number of likely N-dealkylation sites (tertiary alicyclic amines) is 1. The van der Waals surface area contributed by atoms with E-state index in [2.05, 4.69) is 17.3 Å². The monoisotopic (exact) mass is 279 g/mol. The third-order valence-corrected chi connectivity index (χ3v) is 4.17. The maximum atomic E-state index is 13.1. The van der Waals surface area contributed by atoms with Crippen LogP contribution in [0.5, 0.6) is 0 Å². The molecule has 6 heteroatoms. The Bertz CT molecular complexity index is 283. The summed E-state index contributed by atoms with van der Waals surface area (Å²) in [6.07, 6.45) is -1.17. The first-order valence-corrected chi connectivity index (χ1v) is 7.17. The number of halogens is 3. The van der Waals surface area contributed by atoms with Crippen LogP contribution in [0, 0.1) is 5.92 Å². The summed E-state index contributed by atoms with van der Waals surface area (Å²) in [5.41, 5.74) is 0. The van der Waals surface area contributed by atoms with Gasteiger partial charge in [-0.15, -0.1) is 0 Å². The molecule has 0 aromatic carbocycles. The van der Waals surface area contributed by atoms with E-state index < -0.39 is 12.2 Å². The molecule has 2 rings (SSSR count). The number of hydrogen-bond acceptors (Lipinski definition) is 3. The molecule has 2 atom stereocenters. The van der Waals surface area contributed by atoms with Crippen molar-refractivity contribution in [1.82, 2.24) is 15.1 Å². The van der Waals surface area contributed by atoms with Gasteiger partial charge in [-0.3, -0.25) is 4.90 Å². The number of nitrogens with zero attached hydrogens (tertiary/aromatic N) is 2. The first-order valence-electron chi connectivity index (χ1n) is 7.17. The van der Waals surface area contributed by atoms with E-state index >= 15 is 0 Å². The van der Waals surface area contributed by atoms with Crippen LogP contribution >= 0.6 is 0 Å². The van der Waals surface area contributed by atoms with E-state index in [-0.39, 0.29) is 6.54 Å². The zero-order valence-corrected chi connectivity index (χ0v) is 11.5. The second-order valence-corrected chi connectivity index (χ2v) is 5.88. The fourth-order valence-corrected chi connectivity index (χ4v) is 3.23. The second-order valence-electron chi connectivity index (χ2n) is 5.88. The SMILES string of the molecule is CN1CCCC(CN2CCCNCC2C(F)(F)F)C1. The van der Waals surface area contributed by atoms with Crippen LogP contribution < -0.4 is 5.32 Å². The predicted octanol–water partition coefficient (Wildman–Crippen LogP) is 1.55. The Morgan fingerprint density at radius 1 is 1.21 bits per heavy atom. The molecule has 3 nitrogen and oxygen atoms in total. The van der Waals surface area contributed by atoms with Crippen LogP contribution in [0.15, 0.2) is 0 Å². The topological polar surface area (TPSA) is 18.5 Å². The van der Waals surface area contributed by atoms with Crippen molar-refractivity contribution >= 4 is 0 Å². The molecule has 2 aliphatic rings. The minimum absolute atomic E-state index is 0.0338. The van der Waals surface area contributed by atoms with Crippen molar-refractivity contribution in [3.8, 4) is 0 Å². The molecule has 0 spiro atoms. The van der Waals surface area contributed by atoms with Gasteiger partial charge in [-0.25, -0.2) is 0 Å². The highest BCUT2D eigenvalue weighted by atomic mass is 19.4. The molecule has 2 aliphatic heterocycles. The maximum Gasteiger partial charge on any atom is 0.405 e. The molecular weight excluding hydrogens is 255 g/mol. The third kappa shape index (κ3) is 4.33. The average Bonchev–Trinajstić information content (AvgIpc) is 2.54. The second kappa shape index (κ2) is 6.41. The largest absolute Gasteiger partial charge is 0.405 e. The standard InChI is InChI=1S/C13H24F3N3/c1-18-6-2-4-11(9-18)10-19-7-3-5-17-8-12(19)13(14,15)16/h11-12,17H,2-10H2,1H3. The lowest BCUT2D eigenvalue weighted by Gasteiger charge is -2.37. The van der Waals surface area contributed by atoms with E-state index in [1.54, 1.807) is 4.90 Å². The van der Waals surface area contributed by atoms with Gasteiger partial charge in [0.15, 0.2) is 0 Å². The molecule has 0 aliphatic carbocycles. The van der Waals surface area contributed by atoms with E-state index in [4.69, 9.17) is 0 Å². The van der Waals surface area contributed by atoms with Gasteiger partial charge < -0.3 is 10.2 Å². The van der Waals surface area contributed by atoms with E-state index in [1.807, 2.05) is 0 Å². The zero-order valence-electron chi connectivity index (χ0n) is 11.5. The number of rotatable bonds is 2. The van der Waals surface area contributed by atoms with Gasteiger partial charge in [0.1, 0.15) is 6.04 Å². The molecule has 0 saturated carbocycles. The van der Waals surface area contributed by atoms with Crippen LogP contribution in [-0.4, -0.2) is 68.3 Å². The lowest BCUT2D eigenvalue weighted by atomic mass is 9.97. The summed E-state index contributed by atoms with van der Waals surface area (Å²) in [5, 5.41) is 2.91. The summed E-state index contributed by atoms with van der Waals surface area (Å²) in [6.45, 7) is 3.85. The first kappa shape index (κ1) is 15.1. The molecular formula is C13H24F3N3. The van der Waals surface area contributed by atoms with Gasteiger partial charge in [0.2, 0.25) is 0 Å². The summed E-state index contributed by atoms with van der Waals surface area (Å²) in [4.78, 5) is 3.89. The van der Waals surface area contributed by atoms with Gasteiger partial charge >= 0.3 is 6.18 Å². The number of hydrogen-bond donors (Lipinski definition) is 1. The van der Waals surface area contributed by atoms with Gasteiger partial charge in [-0.1, -0.05) is 0 Å². The van der Waals surface area contributed by atoms with Crippen molar-refractivity contribution in [3.63, 3.8) is 0 Å².